The molecule has 8 nitrogen and oxygen atoms in total. The molecule has 100 valence electrons. The Labute approximate surface area is 108 Å². The van der Waals surface area contributed by atoms with E-state index in [2.05, 4.69) is 19.9 Å². The molecule has 0 fully saturated rings. The van der Waals surface area contributed by atoms with Crippen molar-refractivity contribution in [1.82, 2.24) is 15.2 Å². The maximum Gasteiger partial charge on any atom is 0.357 e. The summed E-state index contributed by atoms with van der Waals surface area (Å²) in [6.45, 7) is 1.43. The van der Waals surface area contributed by atoms with Gasteiger partial charge in [-0.1, -0.05) is 0 Å². The zero-order valence-corrected chi connectivity index (χ0v) is 10.6. The Balaban J connectivity index is 2.46. The molecule has 0 saturated heterocycles. The minimum atomic E-state index is -4.03. The highest BCUT2D eigenvalue weighted by Gasteiger charge is 2.28. The van der Waals surface area contributed by atoms with Crippen LogP contribution in [-0.2, 0) is 10.0 Å². The number of aromatic nitrogens is 3. The van der Waals surface area contributed by atoms with E-state index < -0.39 is 21.7 Å². The summed E-state index contributed by atoms with van der Waals surface area (Å²) in [6.07, 6.45) is 2.83. The van der Waals surface area contributed by atoms with Crippen LogP contribution in [0, 0.1) is 6.92 Å². The third kappa shape index (κ3) is 2.55. The van der Waals surface area contributed by atoms with Crippen LogP contribution in [0.4, 0.5) is 5.69 Å². The minimum Gasteiger partial charge on any atom is -0.476 e. The van der Waals surface area contributed by atoms with Gasteiger partial charge < -0.3 is 5.11 Å². The molecule has 0 saturated carbocycles. The van der Waals surface area contributed by atoms with E-state index in [1.54, 1.807) is 0 Å². The monoisotopic (exact) mass is 282 g/mol. The van der Waals surface area contributed by atoms with Crippen molar-refractivity contribution in [3.05, 3.63) is 35.9 Å². The smallest absolute Gasteiger partial charge is 0.357 e. The average Bonchev–Trinajstić information content (AvgIpc) is 2.73. The van der Waals surface area contributed by atoms with Crippen LogP contribution in [0.25, 0.3) is 0 Å². The number of carboxylic acids is 1. The molecule has 0 aliphatic carbocycles. The van der Waals surface area contributed by atoms with Gasteiger partial charge in [-0.25, -0.2) is 13.2 Å². The summed E-state index contributed by atoms with van der Waals surface area (Å²) in [4.78, 5) is 14.3. The van der Waals surface area contributed by atoms with E-state index in [1.807, 2.05) is 0 Å². The zero-order chi connectivity index (χ0) is 14.0. The number of pyridine rings is 1. The fourth-order valence-electron chi connectivity index (χ4n) is 1.52. The second kappa shape index (κ2) is 4.69. The van der Waals surface area contributed by atoms with E-state index in [9.17, 15) is 13.2 Å². The molecule has 0 unspecified atom stereocenters. The second-order valence-electron chi connectivity index (χ2n) is 3.67. The summed E-state index contributed by atoms with van der Waals surface area (Å²) < 4.78 is 26.6. The molecule has 0 spiro atoms. The van der Waals surface area contributed by atoms with Crippen molar-refractivity contribution in [2.24, 2.45) is 0 Å². The highest BCUT2D eigenvalue weighted by atomic mass is 32.2. The molecular formula is C10H10N4O4S. The lowest BCUT2D eigenvalue weighted by atomic mass is 10.4. The second-order valence-corrected chi connectivity index (χ2v) is 5.29. The van der Waals surface area contributed by atoms with E-state index in [1.165, 1.54) is 31.5 Å². The van der Waals surface area contributed by atoms with Crippen molar-refractivity contribution < 1.29 is 18.3 Å². The summed E-state index contributed by atoms with van der Waals surface area (Å²) in [5.74, 6) is -1.42. The standard InChI is InChI=1S/C10H10N4O4S/c1-6-9(8(10(15)16)13-12-6)19(17,18)14-7-2-4-11-5-3-7/h2-5H,1H3,(H,11,14)(H,12,13)(H,15,16). The Hall–Kier alpha value is -2.42. The molecule has 0 bridgehead atoms. The normalized spacial score (nSPS) is 11.2. The quantitative estimate of drug-likeness (QED) is 0.754. The van der Waals surface area contributed by atoms with Gasteiger partial charge in [0.1, 0.15) is 4.90 Å². The lowest BCUT2D eigenvalue weighted by molar-refractivity contribution is 0.0686. The summed E-state index contributed by atoms with van der Waals surface area (Å²) in [5.41, 5.74) is -0.107. The van der Waals surface area contributed by atoms with Gasteiger partial charge in [-0.05, 0) is 19.1 Å². The van der Waals surface area contributed by atoms with E-state index in [4.69, 9.17) is 5.11 Å². The van der Waals surface area contributed by atoms with Crippen molar-refractivity contribution in [3.63, 3.8) is 0 Å². The molecule has 3 N–H and O–H groups in total. The number of aromatic carboxylic acids is 1. The van der Waals surface area contributed by atoms with Gasteiger partial charge >= 0.3 is 5.97 Å². The van der Waals surface area contributed by atoms with Crippen molar-refractivity contribution in [2.45, 2.75) is 11.8 Å². The molecule has 9 heteroatoms. The molecule has 19 heavy (non-hydrogen) atoms. The highest BCUT2D eigenvalue weighted by Crippen LogP contribution is 2.20. The number of anilines is 1. The Bertz CT molecular complexity index is 708. The summed E-state index contributed by atoms with van der Waals surface area (Å²) in [7, 11) is -4.03. The average molecular weight is 282 g/mol. The maximum atomic E-state index is 12.2. The molecule has 2 rings (SSSR count). The largest absolute Gasteiger partial charge is 0.476 e. The van der Waals surface area contributed by atoms with Gasteiger partial charge in [-0.2, -0.15) is 5.10 Å². The molecular weight excluding hydrogens is 272 g/mol. The van der Waals surface area contributed by atoms with Gasteiger partial charge in [0.2, 0.25) is 0 Å². The highest BCUT2D eigenvalue weighted by molar-refractivity contribution is 7.92. The summed E-state index contributed by atoms with van der Waals surface area (Å²) >= 11 is 0. The topological polar surface area (TPSA) is 125 Å². The van der Waals surface area contributed by atoms with E-state index >= 15 is 0 Å². The minimum absolute atomic E-state index is 0.152. The third-order valence-corrected chi connectivity index (χ3v) is 3.84. The van der Waals surface area contributed by atoms with Gasteiger partial charge in [0.05, 0.1) is 11.4 Å². The lowest BCUT2D eigenvalue weighted by Gasteiger charge is -2.07. The van der Waals surface area contributed by atoms with Crippen molar-refractivity contribution in [3.8, 4) is 0 Å². The maximum absolute atomic E-state index is 12.2. The molecule has 2 heterocycles. The first-order valence-corrected chi connectivity index (χ1v) is 6.61. The lowest BCUT2D eigenvalue weighted by Crippen LogP contribution is -2.17. The molecule has 2 aromatic heterocycles. The van der Waals surface area contributed by atoms with Crippen LogP contribution in [0.2, 0.25) is 0 Å². The Morgan fingerprint density at radius 3 is 2.58 bits per heavy atom. The molecule has 0 aliphatic rings. The zero-order valence-electron chi connectivity index (χ0n) is 9.78. The van der Waals surface area contributed by atoms with Gasteiger partial charge in [0, 0.05) is 12.4 Å². The van der Waals surface area contributed by atoms with Gasteiger partial charge in [0.25, 0.3) is 10.0 Å². The predicted molar refractivity (Wildman–Crippen MR) is 65.3 cm³/mol. The summed E-state index contributed by atoms with van der Waals surface area (Å²) in [6, 6.07) is 2.90. The van der Waals surface area contributed by atoms with E-state index in [-0.39, 0.29) is 16.3 Å². The summed E-state index contributed by atoms with van der Waals surface area (Å²) in [5, 5.41) is 14.7. The third-order valence-electron chi connectivity index (χ3n) is 2.29. The number of carbonyl (C=O) groups is 1. The van der Waals surface area contributed by atoms with Crippen LogP contribution >= 0.6 is 0 Å². The molecule has 0 atom stereocenters. The van der Waals surface area contributed by atoms with Crippen LogP contribution in [0.1, 0.15) is 16.2 Å². The molecule has 2 aromatic rings. The number of nitrogens with one attached hydrogen (secondary N) is 2. The molecule has 0 radical (unpaired) electrons. The number of carboxylic acid groups (broad SMARTS) is 1. The van der Waals surface area contributed by atoms with Gasteiger partial charge in [-0.15, -0.1) is 0 Å². The number of hydrogen-bond acceptors (Lipinski definition) is 5. The van der Waals surface area contributed by atoms with E-state index in [0.29, 0.717) is 0 Å². The Morgan fingerprint density at radius 2 is 2.00 bits per heavy atom. The fraction of sp³-hybridized carbons (Fsp3) is 0.100. The van der Waals surface area contributed by atoms with Crippen molar-refractivity contribution in [1.29, 1.82) is 0 Å². The molecule has 0 amide bonds. The number of H-pyrrole nitrogens is 1. The molecule has 0 aromatic carbocycles. The van der Waals surface area contributed by atoms with Crippen LogP contribution in [0.5, 0.6) is 0 Å². The number of rotatable bonds is 4. The Morgan fingerprint density at radius 1 is 1.37 bits per heavy atom. The van der Waals surface area contributed by atoms with Crippen molar-refractivity contribution >= 4 is 21.7 Å². The number of aromatic amines is 1. The molecule has 0 aliphatic heterocycles. The first-order chi connectivity index (χ1) is 8.92. The van der Waals surface area contributed by atoms with Crippen LogP contribution < -0.4 is 4.72 Å². The number of nitrogens with zero attached hydrogens (tertiary/aromatic N) is 2. The SMILES string of the molecule is Cc1[nH]nc(C(=O)O)c1S(=O)(=O)Nc1ccncc1. The van der Waals surface area contributed by atoms with Gasteiger partial charge in [0.15, 0.2) is 5.69 Å². The fourth-order valence-corrected chi connectivity index (χ4v) is 2.90. The predicted octanol–water partition coefficient (Wildman–Crippen LogP) is 0.612. The number of sulfonamides is 1. The van der Waals surface area contributed by atoms with Crippen LogP contribution in [0.15, 0.2) is 29.4 Å². The number of hydrogen-bond donors (Lipinski definition) is 3. The van der Waals surface area contributed by atoms with Crippen molar-refractivity contribution in [2.75, 3.05) is 4.72 Å². The number of aryl methyl sites for hydroxylation is 1. The van der Waals surface area contributed by atoms with Crippen LogP contribution in [0.3, 0.4) is 0 Å². The van der Waals surface area contributed by atoms with Gasteiger partial charge in [-0.3, -0.25) is 14.8 Å². The Kier molecular flexibility index (Phi) is 3.21. The first-order valence-electron chi connectivity index (χ1n) is 5.13. The first kappa shape index (κ1) is 13.0. The van der Waals surface area contributed by atoms with E-state index in [0.717, 1.165) is 0 Å². The van der Waals surface area contributed by atoms with Crippen LogP contribution in [-0.4, -0.2) is 34.7 Å².